The molecule has 9 rings (SSSR count). The summed E-state index contributed by atoms with van der Waals surface area (Å²) in [4.78, 5) is 6.62. The number of nitriles is 2. The molecule has 0 saturated heterocycles. The first-order valence-corrected chi connectivity index (χ1v) is 16.2. The first-order valence-electron chi connectivity index (χ1n) is 16.2. The minimum Gasteiger partial charge on any atom is -0.308 e. The number of para-hydroxylation sites is 3. The lowest BCUT2D eigenvalue weighted by molar-refractivity contribution is 0.731. The van der Waals surface area contributed by atoms with Crippen LogP contribution in [0.4, 0.5) is 17.1 Å². The maximum atomic E-state index is 10.7. The van der Waals surface area contributed by atoms with Gasteiger partial charge >= 0.3 is 0 Å². The van der Waals surface area contributed by atoms with E-state index in [1.54, 1.807) is 12.3 Å². The monoisotopic (exact) mass is 625 g/mol. The highest BCUT2D eigenvalue weighted by Gasteiger charge is 2.46. The van der Waals surface area contributed by atoms with Gasteiger partial charge in [-0.1, -0.05) is 115 Å². The van der Waals surface area contributed by atoms with Gasteiger partial charge in [-0.3, -0.25) is 4.98 Å². The SMILES string of the molecule is N#Cc1cc(C#N)c(-n2c3ccccc3c3cnccc32)cc1N1c2ccccc2C(c2ccccc2)(c2ccccc2)c2ccccc21. The van der Waals surface area contributed by atoms with Crippen molar-refractivity contribution >= 4 is 38.9 Å². The van der Waals surface area contributed by atoms with Crippen LogP contribution in [0.1, 0.15) is 33.4 Å². The van der Waals surface area contributed by atoms with Gasteiger partial charge < -0.3 is 9.47 Å². The minimum atomic E-state index is -0.631. The molecule has 0 atom stereocenters. The molecule has 228 valence electrons. The molecule has 0 spiro atoms. The van der Waals surface area contributed by atoms with Crippen LogP contribution in [0.5, 0.6) is 0 Å². The number of anilines is 3. The Morgan fingerprint density at radius 3 is 1.65 bits per heavy atom. The largest absolute Gasteiger partial charge is 0.308 e. The van der Waals surface area contributed by atoms with Gasteiger partial charge in [0.2, 0.25) is 0 Å². The standard InChI is InChI=1S/C44H27N5/c45-27-30-25-31(28-46)43(26-42(30)48-38-20-10-7-17-34(38)35-29-47-24-23-39(35)48)49-40-21-11-8-18-36(40)44(32-13-3-1-4-14-32,33-15-5-2-6-16-33)37-19-9-12-22-41(37)49/h1-26,29H. The van der Waals surface area contributed by atoms with Crippen molar-refractivity contribution in [1.82, 2.24) is 9.55 Å². The average Bonchev–Trinajstić information content (AvgIpc) is 3.51. The Labute approximate surface area is 283 Å². The van der Waals surface area contributed by atoms with E-state index in [9.17, 15) is 10.5 Å². The molecule has 8 aromatic rings. The van der Waals surface area contributed by atoms with E-state index in [-0.39, 0.29) is 0 Å². The van der Waals surface area contributed by atoms with Crippen LogP contribution in [-0.4, -0.2) is 9.55 Å². The van der Waals surface area contributed by atoms with Gasteiger partial charge in [-0.2, -0.15) is 10.5 Å². The molecule has 3 heterocycles. The number of fused-ring (bicyclic) bond motifs is 5. The third-order valence-electron chi connectivity index (χ3n) is 9.82. The van der Waals surface area contributed by atoms with Crippen molar-refractivity contribution < 1.29 is 0 Å². The van der Waals surface area contributed by atoms with E-state index in [2.05, 4.69) is 148 Å². The number of aromatic nitrogens is 2. The third kappa shape index (κ3) is 4.00. The molecule has 0 aliphatic carbocycles. The number of nitrogens with zero attached hydrogens (tertiary/aromatic N) is 5. The Morgan fingerprint density at radius 1 is 0.490 bits per heavy atom. The normalized spacial score (nSPS) is 13.0. The molecule has 6 aromatic carbocycles. The summed E-state index contributed by atoms with van der Waals surface area (Å²) in [7, 11) is 0. The first-order chi connectivity index (χ1) is 24.3. The molecule has 0 bridgehead atoms. The van der Waals surface area contributed by atoms with Crippen LogP contribution < -0.4 is 4.90 Å². The van der Waals surface area contributed by atoms with Crippen molar-refractivity contribution in [3.05, 3.63) is 197 Å². The Kier molecular flexibility index (Phi) is 6.40. The number of benzene rings is 6. The fraction of sp³-hybridized carbons (Fsp3) is 0.0227. The first kappa shape index (κ1) is 28.3. The molecular weight excluding hydrogens is 599 g/mol. The summed E-state index contributed by atoms with van der Waals surface area (Å²) >= 11 is 0. The Bertz CT molecular complexity index is 2500. The highest BCUT2D eigenvalue weighted by Crippen LogP contribution is 2.58. The van der Waals surface area contributed by atoms with E-state index in [0.29, 0.717) is 22.5 Å². The molecule has 0 N–H and O–H groups in total. The molecule has 5 nitrogen and oxygen atoms in total. The quantitative estimate of drug-likeness (QED) is 0.195. The van der Waals surface area contributed by atoms with Crippen molar-refractivity contribution in [2.45, 2.75) is 5.41 Å². The van der Waals surface area contributed by atoms with E-state index in [1.165, 1.54) is 0 Å². The molecule has 1 aliphatic rings. The van der Waals surface area contributed by atoms with Crippen LogP contribution in [0.15, 0.2) is 164 Å². The highest BCUT2D eigenvalue weighted by atomic mass is 15.2. The Balaban J connectivity index is 1.39. The molecule has 0 radical (unpaired) electrons. The lowest BCUT2D eigenvalue weighted by Crippen LogP contribution is -2.37. The van der Waals surface area contributed by atoms with Gasteiger partial charge in [-0.25, -0.2) is 0 Å². The van der Waals surface area contributed by atoms with Crippen molar-refractivity contribution in [3.8, 4) is 17.8 Å². The summed E-state index contributed by atoms with van der Waals surface area (Å²) < 4.78 is 2.12. The second-order valence-electron chi connectivity index (χ2n) is 12.2. The molecular formula is C44H27N5. The number of pyridine rings is 1. The molecule has 2 aromatic heterocycles. The van der Waals surface area contributed by atoms with E-state index in [1.807, 2.05) is 30.5 Å². The van der Waals surface area contributed by atoms with Gasteiger partial charge in [0.25, 0.3) is 0 Å². The lowest BCUT2D eigenvalue weighted by atomic mass is 9.62. The van der Waals surface area contributed by atoms with E-state index in [0.717, 1.165) is 55.4 Å². The molecule has 0 amide bonds. The van der Waals surface area contributed by atoms with Crippen molar-refractivity contribution in [3.63, 3.8) is 0 Å². The molecule has 0 saturated carbocycles. The van der Waals surface area contributed by atoms with Gasteiger partial charge in [0.15, 0.2) is 0 Å². The van der Waals surface area contributed by atoms with Gasteiger partial charge in [-0.05, 0) is 58.7 Å². The van der Waals surface area contributed by atoms with Crippen molar-refractivity contribution in [2.75, 3.05) is 4.90 Å². The number of hydrogen-bond acceptors (Lipinski definition) is 4. The highest BCUT2D eigenvalue weighted by molar-refractivity contribution is 6.09. The van der Waals surface area contributed by atoms with E-state index < -0.39 is 5.41 Å². The second kappa shape index (κ2) is 11.1. The third-order valence-corrected chi connectivity index (χ3v) is 9.82. The van der Waals surface area contributed by atoms with E-state index >= 15 is 0 Å². The van der Waals surface area contributed by atoms with Gasteiger partial charge in [0.05, 0.1) is 50.3 Å². The van der Waals surface area contributed by atoms with Crippen molar-refractivity contribution in [2.24, 2.45) is 0 Å². The lowest BCUT2D eigenvalue weighted by Gasteiger charge is -2.46. The zero-order valence-electron chi connectivity index (χ0n) is 26.3. The van der Waals surface area contributed by atoms with Crippen LogP contribution in [0.2, 0.25) is 0 Å². The van der Waals surface area contributed by atoms with Crippen molar-refractivity contribution in [1.29, 1.82) is 10.5 Å². The van der Waals surface area contributed by atoms with Crippen LogP contribution >= 0.6 is 0 Å². The van der Waals surface area contributed by atoms with Crippen LogP contribution in [-0.2, 0) is 5.41 Å². The molecule has 49 heavy (non-hydrogen) atoms. The van der Waals surface area contributed by atoms with Gasteiger partial charge in [-0.15, -0.1) is 0 Å². The smallest absolute Gasteiger partial charge is 0.101 e. The van der Waals surface area contributed by atoms with Crippen LogP contribution in [0.3, 0.4) is 0 Å². The Morgan fingerprint density at radius 2 is 1.02 bits per heavy atom. The summed E-state index contributed by atoms with van der Waals surface area (Å²) in [5.74, 6) is 0. The zero-order chi connectivity index (χ0) is 33.0. The zero-order valence-corrected chi connectivity index (χ0v) is 26.3. The van der Waals surface area contributed by atoms with Crippen LogP contribution in [0, 0.1) is 22.7 Å². The Hall–Kier alpha value is -6.95. The number of hydrogen-bond donors (Lipinski definition) is 0. The van der Waals surface area contributed by atoms with Crippen LogP contribution in [0.25, 0.3) is 27.5 Å². The molecule has 0 unspecified atom stereocenters. The predicted octanol–water partition coefficient (Wildman–Crippen LogP) is 10.1. The molecule has 0 fully saturated rings. The van der Waals surface area contributed by atoms with Gasteiger partial charge in [0, 0.05) is 23.2 Å². The molecule has 1 aliphatic heterocycles. The fourth-order valence-corrected chi connectivity index (χ4v) is 7.87. The minimum absolute atomic E-state index is 0.416. The second-order valence-corrected chi connectivity index (χ2v) is 12.2. The van der Waals surface area contributed by atoms with Gasteiger partial charge in [0.1, 0.15) is 12.1 Å². The summed E-state index contributed by atoms with van der Waals surface area (Å²) in [6.45, 7) is 0. The topological polar surface area (TPSA) is 68.6 Å². The summed E-state index contributed by atoms with van der Waals surface area (Å²) in [5, 5.41) is 23.3. The maximum Gasteiger partial charge on any atom is 0.101 e. The summed E-state index contributed by atoms with van der Waals surface area (Å²) in [5.41, 5.74) is 9.94. The summed E-state index contributed by atoms with van der Waals surface area (Å²) in [6, 6.07) is 57.0. The molecule has 5 heteroatoms. The van der Waals surface area contributed by atoms with E-state index in [4.69, 9.17) is 0 Å². The fourth-order valence-electron chi connectivity index (χ4n) is 7.87. The summed E-state index contributed by atoms with van der Waals surface area (Å²) in [6.07, 6.45) is 3.65. The average molecular weight is 626 g/mol. The predicted molar refractivity (Wildman–Crippen MR) is 195 cm³/mol. The maximum absolute atomic E-state index is 10.7. The number of rotatable bonds is 4.